The number of anilines is 1. The van der Waals surface area contributed by atoms with Crippen LogP contribution in [0.4, 0.5) is 5.69 Å². The quantitative estimate of drug-likeness (QED) is 0.131. The van der Waals surface area contributed by atoms with E-state index in [1.807, 2.05) is 69.3 Å². The fourth-order valence-electron chi connectivity index (χ4n) is 4.68. The number of halogens is 1. The summed E-state index contributed by atoms with van der Waals surface area (Å²) < 4.78 is 6.20. The predicted molar refractivity (Wildman–Crippen MR) is 169 cm³/mol. The highest BCUT2D eigenvalue weighted by Gasteiger charge is 2.15. The van der Waals surface area contributed by atoms with E-state index in [0.717, 1.165) is 39.1 Å². The molecule has 4 aromatic rings. The summed E-state index contributed by atoms with van der Waals surface area (Å²) in [6.07, 6.45) is 1.66. The highest BCUT2D eigenvalue weighted by molar-refractivity contribution is 6.31. The Labute approximate surface area is 257 Å². The summed E-state index contributed by atoms with van der Waals surface area (Å²) in [4.78, 5) is 22.0. The Morgan fingerprint density at radius 2 is 1.60 bits per heavy atom. The van der Waals surface area contributed by atoms with Gasteiger partial charge in [-0.25, -0.2) is 0 Å². The van der Waals surface area contributed by atoms with E-state index in [0.29, 0.717) is 54.0 Å². The monoisotopic (exact) mass is 603 g/mol. The van der Waals surface area contributed by atoms with E-state index >= 15 is 0 Å². The number of aryl methyl sites for hydroxylation is 1. The second-order valence-corrected chi connectivity index (χ2v) is 10.6. The molecule has 0 saturated carbocycles. The summed E-state index contributed by atoms with van der Waals surface area (Å²) in [6.45, 7) is 8.41. The molecule has 2 aromatic carbocycles. The molecule has 0 fully saturated rings. The molecule has 1 amide bonds. The second kappa shape index (κ2) is 15.6. The number of ether oxygens (including phenoxy) is 1. The maximum absolute atomic E-state index is 13.0. The number of hydrogen-bond acceptors (Lipinski definition) is 8. The Morgan fingerprint density at radius 3 is 2.30 bits per heavy atom. The Kier molecular flexibility index (Phi) is 11.6. The lowest BCUT2D eigenvalue weighted by atomic mass is 9.95. The van der Waals surface area contributed by atoms with Crippen molar-refractivity contribution in [3.05, 3.63) is 105 Å². The molecule has 0 aliphatic carbocycles. The summed E-state index contributed by atoms with van der Waals surface area (Å²) in [5, 5.41) is 27.7. The molecule has 43 heavy (non-hydrogen) atoms. The number of rotatable bonds is 14. The largest absolute Gasteiger partial charge is 0.487 e. The van der Waals surface area contributed by atoms with E-state index in [4.69, 9.17) is 26.6 Å². The van der Waals surface area contributed by atoms with Gasteiger partial charge in [0.05, 0.1) is 23.9 Å². The minimum absolute atomic E-state index is 0.0651. The van der Waals surface area contributed by atoms with Crippen molar-refractivity contribution in [2.24, 2.45) is 0 Å². The van der Waals surface area contributed by atoms with E-state index < -0.39 is 0 Å². The number of pyridine rings is 2. The fourth-order valence-corrected chi connectivity index (χ4v) is 4.91. The zero-order valence-corrected chi connectivity index (χ0v) is 25.5. The number of amides is 1. The number of carbonyl (C=O) groups is 1. The number of hydrogen-bond donors (Lipinski definition) is 5. The molecule has 0 radical (unpaired) electrons. The van der Waals surface area contributed by atoms with Crippen LogP contribution in [0.5, 0.6) is 5.75 Å². The van der Waals surface area contributed by atoms with Crippen molar-refractivity contribution in [2.75, 3.05) is 31.6 Å². The Hall–Kier alpha value is -3.86. The third-order valence-electron chi connectivity index (χ3n) is 7.14. The Morgan fingerprint density at radius 1 is 0.907 bits per heavy atom. The summed E-state index contributed by atoms with van der Waals surface area (Å²) in [7, 11) is 0. The molecule has 0 spiro atoms. The molecular weight excluding hydrogens is 566 g/mol. The summed E-state index contributed by atoms with van der Waals surface area (Å²) in [5.74, 6) is 0.423. The number of aliphatic hydroxyl groups is 2. The molecule has 2 aromatic heterocycles. The first-order valence-corrected chi connectivity index (χ1v) is 14.6. The molecule has 2 heterocycles. The first-order valence-electron chi connectivity index (χ1n) is 14.2. The second-order valence-electron chi connectivity index (χ2n) is 10.2. The smallest absolute Gasteiger partial charge is 0.274 e. The van der Waals surface area contributed by atoms with Crippen LogP contribution in [-0.4, -0.2) is 52.4 Å². The number of nitrogens with zero attached hydrogens (tertiary/aromatic N) is 2. The van der Waals surface area contributed by atoms with Crippen molar-refractivity contribution in [3.8, 4) is 16.9 Å². The standard InChI is InChI=1S/C33H38ClN5O4/c1-21-26(6-4-8-29(21)39-33(42)30-11-10-24(18-37-30)17-35-12-14-40)27-7-5-9-32(22(27)2)43-20-31-28(34)16-25(23(3)38-31)19-36-13-15-41/h4-11,16,18,35-36,40-41H,12-15,17,19-20H2,1-3H3,(H,39,42). The lowest BCUT2D eigenvalue weighted by Gasteiger charge is -2.17. The third-order valence-corrected chi connectivity index (χ3v) is 7.47. The van der Waals surface area contributed by atoms with Crippen LogP contribution in [0.1, 0.15) is 44.1 Å². The van der Waals surface area contributed by atoms with Gasteiger partial charge in [-0.3, -0.25) is 14.8 Å². The van der Waals surface area contributed by atoms with E-state index in [1.54, 1.807) is 12.3 Å². The average molecular weight is 604 g/mol. The van der Waals surface area contributed by atoms with Crippen LogP contribution in [0.15, 0.2) is 60.8 Å². The molecule has 0 aliphatic rings. The van der Waals surface area contributed by atoms with Crippen LogP contribution in [0.3, 0.4) is 0 Å². The topological polar surface area (TPSA) is 129 Å². The lowest BCUT2D eigenvalue weighted by molar-refractivity contribution is 0.102. The number of nitrogens with one attached hydrogen (secondary N) is 3. The van der Waals surface area contributed by atoms with Gasteiger partial charge in [0.15, 0.2) is 0 Å². The predicted octanol–water partition coefficient (Wildman–Crippen LogP) is 4.72. The molecule has 0 bridgehead atoms. The van der Waals surface area contributed by atoms with Gasteiger partial charge in [0.1, 0.15) is 18.1 Å². The van der Waals surface area contributed by atoms with Crippen molar-refractivity contribution >= 4 is 23.2 Å². The maximum atomic E-state index is 13.0. The zero-order valence-electron chi connectivity index (χ0n) is 24.7. The number of carbonyl (C=O) groups excluding carboxylic acids is 1. The fraction of sp³-hybridized carbons (Fsp3) is 0.303. The number of aliphatic hydroxyl groups excluding tert-OH is 2. The van der Waals surface area contributed by atoms with Gasteiger partial charge >= 0.3 is 0 Å². The van der Waals surface area contributed by atoms with Crippen LogP contribution < -0.4 is 20.7 Å². The van der Waals surface area contributed by atoms with Crippen molar-refractivity contribution in [1.82, 2.24) is 20.6 Å². The molecule has 226 valence electrons. The molecular formula is C33H38ClN5O4. The molecule has 10 heteroatoms. The van der Waals surface area contributed by atoms with Gasteiger partial charge < -0.3 is 30.9 Å². The third kappa shape index (κ3) is 8.37. The number of aromatic nitrogens is 2. The molecule has 9 nitrogen and oxygen atoms in total. The van der Waals surface area contributed by atoms with Crippen molar-refractivity contribution in [3.63, 3.8) is 0 Å². The summed E-state index contributed by atoms with van der Waals surface area (Å²) in [6, 6.07) is 17.1. The molecule has 0 aliphatic heterocycles. The van der Waals surface area contributed by atoms with Gasteiger partial charge in [0.2, 0.25) is 0 Å². The maximum Gasteiger partial charge on any atom is 0.274 e. The molecule has 5 N–H and O–H groups in total. The minimum atomic E-state index is -0.293. The Balaban J connectivity index is 1.47. The van der Waals surface area contributed by atoms with E-state index in [1.165, 1.54) is 0 Å². The minimum Gasteiger partial charge on any atom is -0.487 e. The summed E-state index contributed by atoms with van der Waals surface area (Å²) in [5.41, 5.74) is 8.27. The van der Waals surface area contributed by atoms with E-state index in [-0.39, 0.29) is 25.7 Å². The highest BCUT2D eigenvalue weighted by Crippen LogP contribution is 2.35. The van der Waals surface area contributed by atoms with Crippen LogP contribution in [0.2, 0.25) is 5.02 Å². The first-order chi connectivity index (χ1) is 20.8. The average Bonchev–Trinajstić information content (AvgIpc) is 3.00. The van der Waals surface area contributed by atoms with Gasteiger partial charge in [0.25, 0.3) is 5.91 Å². The normalized spacial score (nSPS) is 11.0. The van der Waals surface area contributed by atoms with E-state index in [2.05, 4.69) is 25.9 Å². The SMILES string of the molecule is Cc1nc(COc2cccc(-c3cccc(NC(=O)c4ccc(CNCCO)cn4)c3C)c2C)c(Cl)cc1CNCCO. The first kappa shape index (κ1) is 32.1. The molecule has 0 saturated heterocycles. The van der Waals surface area contributed by atoms with Crippen molar-refractivity contribution < 1.29 is 19.7 Å². The molecule has 0 unspecified atom stereocenters. The van der Waals surface area contributed by atoms with Crippen LogP contribution >= 0.6 is 11.6 Å². The highest BCUT2D eigenvalue weighted by atomic mass is 35.5. The van der Waals surface area contributed by atoms with Gasteiger partial charge in [0, 0.05) is 43.8 Å². The van der Waals surface area contributed by atoms with Gasteiger partial charge in [-0.05, 0) is 78.4 Å². The van der Waals surface area contributed by atoms with Crippen LogP contribution in [0.25, 0.3) is 11.1 Å². The van der Waals surface area contributed by atoms with Crippen LogP contribution in [-0.2, 0) is 19.7 Å². The number of benzene rings is 2. The zero-order chi connectivity index (χ0) is 30.8. The van der Waals surface area contributed by atoms with Gasteiger partial charge in [-0.2, -0.15) is 0 Å². The van der Waals surface area contributed by atoms with Crippen LogP contribution in [0, 0.1) is 20.8 Å². The lowest BCUT2D eigenvalue weighted by Crippen LogP contribution is -2.18. The summed E-state index contributed by atoms with van der Waals surface area (Å²) >= 11 is 6.53. The van der Waals surface area contributed by atoms with Crippen molar-refractivity contribution in [2.45, 2.75) is 40.5 Å². The van der Waals surface area contributed by atoms with Gasteiger partial charge in [-0.1, -0.05) is 41.9 Å². The molecule has 0 atom stereocenters. The van der Waals surface area contributed by atoms with Crippen molar-refractivity contribution in [1.29, 1.82) is 0 Å². The van der Waals surface area contributed by atoms with Gasteiger partial charge in [-0.15, -0.1) is 0 Å². The van der Waals surface area contributed by atoms with E-state index in [9.17, 15) is 4.79 Å². The Bertz CT molecular complexity index is 1550. The molecule has 4 rings (SSSR count).